The monoisotopic (exact) mass is 437 g/mol. The molecule has 0 saturated carbocycles. The number of fused-ring (bicyclic) bond motifs is 1. The molecule has 29 heavy (non-hydrogen) atoms. The number of sulfonamides is 1. The van der Waals surface area contributed by atoms with Crippen molar-refractivity contribution in [2.45, 2.75) is 25.7 Å². The van der Waals surface area contributed by atoms with E-state index in [-0.39, 0.29) is 30.4 Å². The number of phosphoric acid groups is 1. The van der Waals surface area contributed by atoms with Gasteiger partial charge in [0.2, 0.25) is 0 Å². The van der Waals surface area contributed by atoms with Crippen LogP contribution in [0, 0.1) is 6.92 Å². The third kappa shape index (κ3) is 4.56. The Morgan fingerprint density at radius 2 is 1.62 bits per heavy atom. The summed E-state index contributed by atoms with van der Waals surface area (Å²) >= 11 is 0. The lowest BCUT2D eigenvalue weighted by Crippen LogP contribution is -2.34. The van der Waals surface area contributed by atoms with Crippen LogP contribution in [0.15, 0.2) is 59.5 Å². The largest absolute Gasteiger partial charge is 0.530 e. The Hall–Kier alpha value is -2.12. The molecule has 0 N–H and O–H groups in total. The standard InChI is InChI=1S/C20H24NO6PS/c1-4-25-28(22,26-5-2)27-20-14-15-21(19-9-7-6-8-18(19)20)29(23,24)17-12-10-16(3)11-13-17/h6-14H,4-5,15H2,1-3H3. The predicted molar refractivity (Wildman–Crippen MR) is 112 cm³/mol. The molecular formula is C20H24NO6PS. The van der Waals surface area contributed by atoms with Crippen molar-refractivity contribution < 1.29 is 26.6 Å². The van der Waals surface area contributed by atoms with Gasteiger partial charge in [-0.25, -0.2) is 13.0 Å². The molecule has 0 spiro atoms. The molecule has 0 atom stereocenters. The highest BCUT2D eigenvalue weighted by atomic mass is 32.2. The zero-order valence-electron chi connectivity index (χ0n) is 16.6. The number of hydrogen-bond donors (Lipinski definition) is 0. The molecular weight excluding hydrogens is 413 g/mol. The quantitative estimate of drug-likeness (QED) is 0.555. The van der Waals surface area contributed by atoms with Gasteiger partial charge in [0.15, 0.2) is 0 Å². The van der Waals surface area contributed by atoms with Crippen molar-refractivity contribution in [3.8, 4) is 0 Å². The molecule has 0 fully saturated rings. The van der Waals surface area contributed by atoms with Gasteiger partial charge in [0.25, 0.3) is 10.0 Å². The van der Waals surface area contributed by atoms with Crippen molar-refractivity contribution >= 4 is 29.3 Å². The van der Waals surface area contributed by atoms with Crippen molar-refractivity contribution in [3.63, 3.8) is 0 Å². The summed E-state index contributed by atoms with van der Waals surface area (Å²) in [6.07, 6.45) is 1.57. The van der Waals surface area contributed by atoms with Gasteiger partial charge >= 0.3 is 7.82 Å². The minimum absolute atomic E-state index is 0.0286. The fourth-order valence-corrected chi connectivity index (χ4v) is 5.60. The van der Waals surface area contributed by atoms with Gasteiger partial charge in [-0.05, 0) is 51.1 Å². The zero-order valence-corrected chi connectivity index (χ0v) is 18.3. The first-order chi connectivity index (χ1) is 13.8. The number of phosphoric ester groups is 1. The summed E-state index contributed by atoms with van der Waals surface area (Å²) in [4.78, 5) is 0.199. The van der Waals surface area contributed by atoms with E-state index in [0.29, 0.717) is 11.3 Å². The molecule has 1 heterocycles. The van der Waals surface area contributed by atoms with E-state index in [1.54, 1.807) is 68.5 Å². The first-order valence-electron chi connectivity index (χ1n) is 9.28. The zero-order chi connectivity index (χ0) is 21.1. The van der Waals surface area contributed by atoms with Crippen LogP contribution < -0.4 is 4.31 Å². The third-order valence-electron chi connectivity index (χ3n) is 4.27. The van der Waals surface area contributed by atoms with Crippen LogP contribution in [0.25, 0.3) is 5.76 Å². The van der Waals surface area contributed by atoms with E-state index in [1.807, 2.05) is 6.92 Å². The van der Waals surface area contributed by atoms with Crippen molar-refractivity contribution in [1.82, 2.24) is 0 Å². The van der Waals surface area contributed by atoms with Crippen LogP contribution >= 0.6 is 7.82 Å². The number of para-hydroxylation sites is 1. The fourth-order valence-electron chi connectivity index (χ4n) is 2.95. The first-order valence-corrected chi connectivity index (χ1v) is 12.2. The highest BCUT2D eigenvalue weighted by molar-refractivity contribution is 7.92. The molecule has 1 aliphatic rings. The Labute approximate surface area is 171 Å². The summed E-state index contributed by atoms with van der Waals surface area (Å²) in [5.74, 6) is 0.265. The average Bonchev–Trinajstić information content (AvgIpc) is 2.68. The fraction of sp³-hybridized carbons (Fsp3) is 0.300. The Balaban J connectivity index is 1.99. The molecule has 1 aliphatic heterocycles. The minimum Gasteiger partial charge on any atom is -0.404 e. The van der Waals surface area contributed by atoms with Gasteiger partial charge in [-0.3, -0.25) is 13.4 Å². The van der Waals surface area contributed by atoms with Gasteiger partial charge in [-0.2, -0.15) is 0 Å². The van der Waals surface area contributed by atoms with Gasteiger partial charge in [0.05, 0.1) is 30.3 Å². The number of aryl methyl sites for hydroxylation is 1. The van der Waals surface area contributed by atoms with Crippen LogP contribution in [0.1, 0.15) is 25.0 Å². The summed E-state index contributed by atoms with van der Waals surface area (Å²) in [5.41, 5.74) is 1.90. The van der Waals surface area contributed by atoms with Crippen molar-refractivity contribution in [2.75, 3.05) is 24.1 Å². The summed E-state index contributed by atoms with van der Waals surface area (Å²) in [7, 11) is -7.58. The van der Waals surface area contributed by atoms with E-state index in [1.165, 1.54) is 4.31 Å². The second-order valence-corrected chi connectivity index (χ2v) is 9.76. The lowest BCUT2D eigenvalue weighted by Gasteiger charge is -2.30. The van der Waals surface area contributed by atoms with E-state index in [0.717, 1.165) is 5.56 Å². The molecule has 0 aliphatic carbocycles. The summed E-state index contributed by atoms with van der Waals surface area (Å²) < 4.78 is 56.5. The molecule has 156 valence electrons. The van der Waals surface area contributed by atoms with Gasteiger partial charge < -0.3 is 4.52 Å². The van der Waals surface area contributed by atoms with E-state index in [4.69, 9.17) is 13.6 Å². The van der Waals surface area contributed by atoms with E-state index < -0.39 is 17.8 Å². The van der Waals surface area contributed by atoms with Crippen molar-refractivity contribution in [1.29, 1.82) is 0 Å². The SMILES string of the molecule is CCOP(=O)(OCC)OC1=CCN(S(=O)(=O)c2ccc(C)cc2)c2ccccc21. The second kappa shape index (κ2) is 8.71. The molecule has 0 unspecified atom stereocenters. The maximum Gasteiger partial charge on any atom is 0.530 e. The van der Waals surface area contributed by atoms with Gasteiger partial charge in [0, 0.05) is 5.56 Å². The summed E-state index contributed by atoms with van der Waals surface area (Å²) in [5, 5.41) is 0. The van der Waals surface area contributed by atoms with Crippen LogP contribution in [0.4, 0.5) is 5.69 Å². The number of hydrogen-bond acceptors (Lipinski definition) is 6. The van der Waals surface area contributed by atoms with Crippen LogP contribution in [0.3, 0.4) is 0 Å². The van der Waals surface area contributed by atoms with Crippen LogP contribution in [-0.4, -0.2) is 28.2 Å². The van der Waals surface area contributed by atoms with Crippen LogP contribution in [0.5, 0.6) is 0 Å². The lowest BCUT2D eigenvalue weighted by atomic mass is 10.1. The molecule has 2 aromatic carbocycles. The van der Waals surface area contributed by atoms with Gasteiger partial charge in [0.1, 0.15) is 5.76 Å². The van der Waals surface area contributed by atoms with E-state index >= 15 is 0 Å². The smallest absolute Gasteiger partial charge is 0.404 e. The lowest BCUT2D eigenvalue weighted by molar-refractivity contribution is 0.159. The van der Waals surface area contributed by atoms with Crippen LogP contribution in [-0.2, 0) is 28.2 Å². The molecule has 7 nitrogen and oxygen atoms in total. The van der Waals surface area contributed by atoms with Crippen LogP contribution in [0.2, 0.25) is 0 Å². The topological polar surface area (TPSA) is 82.1 Å². The average molecular weight is 437 g/mol. The van der Waals surface area contributed by atoms with E-state index in [9.17, 15) is 13.0 Å². The summed E-state index contributed by atoms with van der Waals surface area (Å²) in [6.45, 7) is 5.61. The molecule has 0 radical (unpaired) electrons. The second-order valence-electron chi connectivity index (χ2n) is 6.31. The van der Waals surface area contributed by atoms with Gasteiger partial charge in [-0.15, -0.1) is 0 Å². The molecule has 0 saturated heterocycles. The number of anilines is 1. The molecule has 0 aromatic heterocycles. The highest BCUT2D eigenvalue weighted by Gasteiger charge is 2.34. The maximum absolute atomic E-state index is 13.2. The predicted octanol–water partition coefficient (Wildman–Crippen LogP) is 4.74. The highest BCUT2D eigenvalue weighted by Crippen LogP contribution is 2.54. The maximum atomic E-state index is 13.2. The Morgan fingerprint density at radius 1 is 1.00 bits per heavy atom. The summed E-state index contributed by atoms with van der Waals surface area (Å²) in [6, 6.07) is 13.6. The van der Waals surface area contributed by atoms with Crippen molar-refractivity contribution in [3.05, 3.63) is 65.7 Å². The Bertz CT molecular complexity index is 1040. The molecule has 3 rings (SSSR count). The number of nitrogens with zero attached hydrogens (tertiary/aromatic N) is 1. The number of benzene rings is 2. The third-order valence-corrected chi connectivity index (χ3v) is 7.64. The molecule has 9 heteroatoms. The Morgan fingerprint density at radius 3 is 2.24 bits per heavy atom. The minimum atomic E-state index is -3.80. The first kappa shape index (κ1) is 21.6. The molecule has 2 aromatic rings. The van der Waals surface area contributed by atoms with Gasteiger partial charge in [-0.1, -0.05) is 29.8 Å². The number of rotatable bonds is 8. The Kier molecular flexibility index (Phi) is 6.49. The van der Waals surface area contributed by atoms with Crippen molar-refractivity contribution in [2.24, 2.45) is 0 Å². The normalized spacial score (nSPS) is 14.3. The molecule has 0 amide bonds. The van der Waals surface area contributed by atoms with E-state index in [2.05, 4.69) is 0 Å². The molecule has 0 bridgehead atoms.